The summed E-state index contributed by atoms with van der Waals surface area (Å²) >= 11 is 3.59. The van der Waals surface area contributed by atoms with Crippen LogP contribution in [0.15, 0.2) is 59.1 Å². The number of halogens is 1. The predicted octanol–water partition coefficient (Wildman–Crippen LogP) is 7.19. The van der Waals surface area contributed by atoms with Crippen LogP contribution >= 0.6 is 15.9 Å². The number of rotatable bonds is 3. The smallest absolute Gasteiger partial charge is 0.165 e. The van der Waals surface area contributed by atoms with Crippen LogP contribution in [0, 0.1) is 5.41 Å². The molecular formula is C25H26BrNO. The summed E-state index contributed by atoms with van der Waals surface area (Å²) in [6, 6.07) is 19.2. The summed E-state index contributed by atoms with van der Waals surface area (Å²) < 4.78 is 3.33. The number of aromatic nitrogens is 1. The molecule has 0 atom stereocenters. The highest BCUT2D eigenvalue weighted by atomic mass is 79.9. The molecule has 0 spiro atoms. The average Bonchev–Trinajstić information content (AvgIpc) is 3.00. The molecule has 1 heterocycles. The molecule has 0 bridgehead atoms. The highest BCUT2D eigenvalue weighted by Crippen LogP contribution is 2.40. The number of benzene rings is 2. The first-order valence-electron chi connectivity index (χ1n) is 9.89. The molecule has 0 aliphatic heterocycles. The van der Waals surface area contributed by atoms with Crippen molar-refractivity contribution < 1.29 is 4.79 Å². The lowest BCUT2D eigenvalue weighted by Gasteiger charge is -2.30. The molecule has 3 heteroatoms. The van der Waals surface area contributed by atoms with Gasteiger partial charge in [0.2, 0.25) is 0 Å². The van der Waals surface area contributed by atoms with Gasteiger partial charge in [-0.1, -0.05) is 67.9 Å². The van der Waals surface area contributed by atoms with Gasteiger partial charge in [-0.25, -0.2) is 0 Å². The molecule has 2 aromatic carbocycles. The first kappa shape index (κ1) is 19.2. The first-order chi connectivity index (χ1) is 13.2. The molecule has 1 aliphatic carbocycles. The van der Waals surface area contributed by atoms with Crippen molar-refractivity contribution >= 4 is 21.7 Å². The number of carbonyl (C=O) groups excluding carboxylic acids is 1. The fourth-order valence-corrected chi connectivity index (χ4v) is 4.57. The molecule has 1 aliphatic rings. The number of hydrogen-bond acceptors (Lipinski definition) is 1. The molecule has 144 valence electrons. The highest BCUT2D eigenvalue weighted by Gasteiger charge is 2.35. The van der Waals surface area contributed by atoms with Gasteiger partial charge in [0.05, 0.1) is 5.69 Å². The summed E-state index contributed by atoms with van der Waals surface area (Å²) in [5, 5.41) is 0. The second kappa shape index (κ2) is 7.04. The molecule has 0 radical (unpaired) electrons. The molecule has 0 N–H and O–H groups in total. The number of carbonyl (C=O) groups is 1. The van der Waals surface area contributed by atoms with E-state index in [1.54, 1.807) is 0 Å². The Kier molecular flexibility index (Phi) is 4.83. The van der Waals surface area contributed by atoms with E-state index in [1.807, 2.05) is 12.1 Å². The molecule has 4 rings (SSSR count). The third-order valence-electron chi connectivity index (χ3n) is 5.63. The molecular weight excluding hydrogens is 410 g/mol. The van der Waals surface area contributed by atoms with Crippen LogP contribution in [0.3, 0.4) is 0 Å². The van der Waals surface area contributed by atoms with E-state index in [0.29, 0.717) is 12.3 Å². The fraction of sp³-hybridized carbons (Fsp3) is 0.320. The summed E-state index contributed by atoms with van der Waals surface area (Å²) in [7, 11) is 0. The second-order valence-corrected chi connectivity index (χ2v) is 9.84. The zero-order valence-corrected chi connectivity index (χ0v) is 18.5. The quantitative estimate of drug-likeness (QED) is 0.426. The van der Waals surface area contributed by atoms with Crippen molar-refractivity contribution in [2.75, 3.05) is 0 Å². The van der Waals surface area contributed by atoms with Crippen molar-refractivity contribution in [1.29, 1.82) is 0 Å². The minimum absolute atomic E-state index is 0.0212. The van der Waals surface area contributed by atoms with Gasteiger partial charge in [-0.2, -0.15) is 0 Å². The van der Waals surface area contributed by atoms with E-state index in [1.165, 1.54) is 5.56 Å². The molecule has 0 amide bonds. The number of ketones is 1. The van der Waals surface area contributed by atoms with Crippen molar-refractivity contribution in [3.8, 4) is 16.9 Å². The number of fused-ring (bicyclic) bond motifs is 1. The lowest BCUT2D eigenvalue weighted by molar-refractivity contribution is 0.0911. The summed E-state index contributed by atoms with van der Waals surface area (Å²) in [5.41, 5.74) is 6.62. The summed E-state index contributed by atoms with van der Waals surface area (Å²) in [4.78, 5) is 12.9. The van der Waals surface area contributed by atoms with Gasteiger partial charge in [-0.3, -0.25) is 4.79 Å². The van der Waals surface area contributed by atoms with Crippen molar-refractivity contribution in [3.05, 3.63) is 75.9 Å². The van der Waals surface area contributed by atoms with Gasteiger partial charge in [-0.05, 0) is 59.2 Å². The van der Waals surface area contributed by atoms with Crippen LogP contribution in [-0.4, -0.2) is 10.4 Å². The van der Waals surface area contributed by atoms with Gasteiger partial charge in [-0.15, -0.1) is 0 Å². The fourth-order valence-electron chi connectivity index (χ4n) is 4.18. The molecule has 0 unspecified atom stereocenters. The maximum atomic E-state index is 12.9. The van der Waals surface area contributed by atoms with Crippen LogP contribution in [-0.2, 0) is 6.42 Å². The first-order valence-corrected chi connectivity index (χ1v) is 10.7. The van der Waals surface area contributed by atoms with E-state index in [9.17, 15) is 4.79 Å². The molecule has 0 saturated carbocycles. The lowest BCUT2D eigenvalue weighted by Crippen LogP contribution is -2.27. The lowest BCUT2D eigenvalue weighted by atomic mass is 9.76. The van der Waals surface area contributed by atoms with Gasteiger partial charge in [0, 0.05) is 27.8 Å². The third-order valence-corrected chi connectivity index (χ3v) is 6.12. The summed E-state index contributed by atoms with van der Waals surface area (Å²) in [6.45, 7) is 8.79. The molecule has 0 fully saturated rings. The highest BCUT2D eigenvalue weighted by molar-refractivity contribution is 9.10. The van der Waals surface area contributed by atoms with E-state index in [2.05, 4.69) is 90.7 Å². The maximum absolute atomic E-state index is 12.9. The van der Waals surface area contributed by atoms with Crippen molar-refractivity contribution in [2.24, 2.45) is 5.41 Å². The maximum Gasteiger partial charge on any atom is 0.165 e. The van der Waals surface area contributed by atoms with Crippen LogP contribution in [0.2, 0.25) is 0 Å². The van der Waals surface area contributed by atoms with E-state index in [-0.39, 0.29) is 11.2 Å². The largest absolute Gasteiger partial charge is 0.313 e. The van der Waals surface area contributed by atoms with E-state index >= 15 is 0 Å². The third kappa shape index (κ3) is 3.48. The van der Waals surface area contributed by atoms with Crippen LogP contribution in [0.5, 0.6) is 0 Å². The molecule has 3 aromatic rings. The Hall–Kier alpha value is -2.13. The zero-order chi connectivity index (χ0) is 20.1. The average molecular weight is 436 g/mol. The van der Waals surface area contributed by atoms with Crippen LogP contribution in [0.4, 0.5) is 0 Å². The van der Waals surface area contributed by atoms with E-state index in [4.69, 9.17) is 0 Å². The van der Waals surface area contributed by atoms with E-state index in [0.717, 1.165) is 39.1 Å². The van der Waals surface area contributed by atoms with Crippen LogP contribution in [0.1, 0.15) is 61.6 Å². The Morgan fingerprint density at radius 1 is 1.00 bits per heavy atom. The van der Waals surface area contributed by atoms with E-state index < -0.39 is 0 Å². The molecule has 1 aromatic heterocycles. The van der Waals surface area contributed by atoms with Gasteiger partial charge in [0.25, 0.3) is 0 Å². The van der Waals surface area contributed by atoms with Gasteiger partial charge >= 0.3 is 0 Å². The van der Waals surface area contributed by atoms with Crippen LogP contribution < -0.4 is 0 Å². The van der Waals surface area contributed by atoms with Crippen molar-refractivity contribution in [1.82, 2.24) is 4.57 Å². The minimum atomic E-state index is -0.0212. The second-order valence-electron chi connectivity index (χ2n) is 8.92. The Labute approximate surface area is 175 Å². The Morgan fingerprint density at radius 3 is 2.36 bits per heavy atom. The SMILES string of the molecule is CC(C)c1ccc(-n2c(-c3cccc(Br)c3)cc3c2CC(C)(C)CC3=O)cc1. The Balaban J connectivity index is 1.95. The number of nitrogens with zero attached hydrogens (tertiary/aromatic N) is 1. The van der Waals surface area contributed by atoms with Crippen molar-refractivity contribution in [2.45, 2.75) is 46.5 Å². The zero-order valence-electron chi connectivity index (χ0n) is 16.9. The summed E-state index contributed by atoms with van der Waals surface area (Å²) in [5.74, 6) is 0.748. The Bertz CT molecular complexity index is 1040. The minimum Gasteiger partial charge on any atom is -0.313 e. The normalized spacial score (nSPS) is 15.7. The van der Waals surface area contributed by atoms with Crippen LogP contribution in [0.25, 0.3) is 16.9 Å². The Morgan fingerprint density at radius 2 is 1.71 bits per heavy atom. The molecule has 2 nitrogen and oxygen atoms in total. The molecule has 28 heavy (non-hydrogen) atoms. The van der Waals surface area contributed by atoms with Gasteiger partial charge in [0.1, 0.15) is 0 Å². The predicted molar refractivity (Wildman–Crippen MR) is 119 cm³/mol. The van der Waals surface area contributed by atoms with Crippen molar-refractivity contribution in [3.63, 3.8) is 0 Å². The molecule has 0 saturated heterocycles. The summed E-state index contributed by atoms with van der Waals surface area (Å²) in [6.07, 6.45) is 1.50. The van der Waals surface area contributed by atoms with Gasteiger partial charge in [0.15, 0.2) is 5.78 Å². The monoisotopic (exact) mass is 435 g/mol. The topological polar surface area (TPSA) is 22.0 Å². The number of hydrogen-bond donors (Lipinski definition) is 0. The van der Waals surface area contributed by atoms with Gasteiger partial charge < -0.3 is 4.57 Å². The number of Topliss-reactive ketones (excluding diaryl/α,β-unsaturated/α-hetero) is 1. The standard InChI is InChI=1S/C25H26BrNO/c1-16(2)17-8-10-20(11-9-17)27-22(18-6-5-7-19(26)12-18)13-21-23(27)14-25(3,4)15-24(21)28/h5-13,16H,14-15H2,1-4H3.